The molecule has 0 spiro atoms. The Kier molecular flexibility index (Phi) is 4.20. The number of halogens is 1. The Labute approximate surface area is 116 Å². The number of nitrogens with one attached hydrogen (secondary N) is 1. The molecule has 0 saturated heterocycles. The van der Waals surface area contributed by atoms with Gasteiger partial charge in [0.05, 0.1) is 12.2 Å². The zero-order valence-corrected chi connectivity index (χ0v) is 11.5. The highest BCUT2D eigenvalue weighted by Gasteiger charge is 2.16. The van der Waals surface area contributed by atoms with Crippen molar-refractivity contribution in [1.82, 2.24) is 9.88 Å². The Morgan fingerprint density at radius 1 is 1.30 bits per heavy atom. The molecule has 0 fully saturated rings. The fourth-order valence-electron chi connectivity index (χ4n) is 2.24. The summed E-state index contributed by atoms with van der Waals surface area (Å²) in [6, 6.07) is 7.90. The molecule has 1 amide bonds. The number of aromatic nitrogens is 1. The minimum Gasteiger partial charge on any atom is -0.395 e. The number of nitrogens with zero attached hydrogens (tertiary/aromatic N) is 1. The summed E-state index contributed by atoms with van der Waals surface area (Å²) in [6.45, 7) is 3.85. The number of carbonyl (C=O) groups is 1. The van der Waals surface area contributed by atoms with Gasteiger partial charge in [-0.05, 0) is 44.2 Å². The maximum Gasteiger partial charge on any atom is 0.253 e. The standard InChI is InChI=1S/C15H17FN2O2/c1-10-9-14(15(20)17-7-8-19)11(2)18(10)13-5-3-12(16)4-6-13/h3-6,9,19H,7-8H2,1-2H3,(H,17,20). The highest BCUT2D eigenvalue weighted by molar-refractivity contribution is 5.95. The predicted octanol–water partition coefficient (Wildman–Crippen LogP) is 1.96. The van der Waals surface area contributed by atoms with Crippen LogP contribution < -0.4 is 5.32 Å². The van der Waals surface area contributed by atoms with Crippen molar-refractivity contribution in [3.05, 3.63) is 53.1 Å². The van der Waals surface area contributed by atoms with E-state index in [0.29, 0.717) is 5.56 Å². The summed E-state index contributed by atoms with van der Waals surface area (Å²) in [7, 11) is 0. The zero-order valence-electron chi connectivity index (χ0n) is 11.5. The Balaban J connectivity index is 2.38. The van der Waals surface area contributed by atoms with Gasteiger partial charge in [0.1, 0.15) is 5.82 Å². The average molecular weight is 276 g/mol. The number of aryl methyl sites for hydroxylation is 1. The molecule has 0 aliphatic rings. The highest BCUT2D eigenvalue weighted by atomic mass is 19.1. The molecule has 0 atom stereocenters. The first-order chi connectivity index (χ1) is 9.54. The van der Waals surface area contributed by atoms with Gasteiger partial charge in [-0.2, -0.15) is 0 Å². The van der Waals surface area contributed by atoms with Crippen LogP contribution in [0.4, 0.5) is 4.39 Å². The predicted molar refractivity (Wildman–Crippen MR) is 74.6 cm³/mol. The second kappa shape index (κ2) is 5.88. The van der Waals surface area contributed by atoms with Gasteiger partial charge >= 0.3 is 0 Å². The molecule has 1 heterocycles. The second-order valence-electron chi connectivity index (χ2n) is 4.58. The molecule has 0 aliphatic carbocycles. The van der Waals surface area contributed by atoms with E-state index in [4.69, 9.17) is 5.11 Å². The normalized spacial score (nSPS) is 10.6. The number of aliphatic hydroxyl groups is 1. The van der Waals surface area contributed by atoms with Crippen molar-refractivity contribution < 1.29 is 14.3 Å². The lowest BCUT2D eigenvalue weighted by Crippen LogP contribution is -2.26. The smallest absolute Gasteiger partial charge is 0.253 e. The fraction of sp³-hybridized carbons (Fsp3) is 0.267. The van der Waals surface area contributed by atoms with E-state index in [0.717, 1.165) is 17.1 Å². The lowest BCUT2D eigenvalue weighted by atomic mass is 10.2. The minimum absolute atomic E-state index is 0.0948. The van der Waals surface area contributed by atoms with Crippen LogP contribution in [0, 0.1) is 19.7 Å². The molecule has 0 unspecified atom stereocenters. The van der Waals surface area contributed by atoms with Crippen LogP contribution in [0.5, 0.6) is 0 Å². The lowest BCUT2D eigenvalue weighted by Gasteiger charge is -2.10. The van der Waals surface area contributed by atoms with Gasteiger partial charge in [0, 0.05) is 23.6 Å². The molecule has 1 aromatic carbocycles. The maximum absolute atomic E-state index is 13.0. The first kappa shape index (κ1) is 14.3. The van der Waals surface area contributed by atoms with E-state index in [9.17, 15) is 9.18 Å². The highest BCUT2D eigenvalue weighted by Crippen LogP contribution is 2.21. The van der Waals surface area contributed by atoms with Gasteiger partial charge in [0.2, 0.25) is 0 Å². The maximum atomic E-state index is 13.0. The Morgan fingerprint density at radius 2 is 1.95 bits per heavy atom. The summed E-state index contributed by atoms with van der Waals surface area (Å²) in [6.07, 6.45) is 0. The van der Waals surface area contributed by atoms with Crippen molar-refractivity contribution in [1.29, 1.82) is 0 Å². The monoisotopic (exact) mass is 276 g/mol. The SMILES string of the molecule is Cc1cc(C(=O)NCCO)c(C)n1-c1ccc(F)cc1. The van der Waals surface area contributed by atoms with E-state index in [-0.39, 0.29) is 24.9 Å². The van der Waals surface area contributed by atoms with Crippen LogP contribution >= 0.6 is 0 Å². The van der Waals surface area contributed by atoms with Gasteiger partial charge in [0.25, 0.3) is 5.91 Å². The zero-order chi connectivity index (χ0) is 14.7. The molecule has 5 heteroatoms. The molecule has 106 valence electrons. The van der Waals surface area contributed by atoms with Gasteiger partial charge < -0.3 is 15.0 Å². The number of rotatable bonds is 4. The van der Waals surface area contributed by atoms with Gasteiger partial charge in [-0.25, -0.2) is 4.39 Å². The Morgan fingerprint density at radius 3 is 2.55 bits per heavy atom. The fourth-order valence-corrected chi connectivity index (χ4v) is 2.24. The lowest BCUT2D eigenvalue weighted by molar-refractivity contribution is 0.0944. The van der Waals surface area contributed by atoms with Gasteiger partial charge in [-0.15, -0.1) is 0 Å². The van der Waals surface area contributed by atoms with Crippen molar-refractivity contribution in [2.24, 2.45) is 0 Å². The number of hydrogen-bond donors (Lipinski definition) is 2. The van der Waals surface area contributed by atoms with Crippen LogP contribution in [0.1, 0.15) is 21.7 Å². The summed E-state index contributed by atoms with van der Waals surface area (Å²) in [4.78, 5) is 12.0. The van der Waals surface area contributed by atoms with Crippen LogP contribution in [0.3, 0.4) is 0 Å². The van der Waals surface area contributed by atoms with Gasteiger partial charge in [0.15, 0.2) is 0 Å². The third-order valence-electron chi connectivity index (χ3n) is 3.16. The van der Waals surface area contributed by atoms with Crippen LogP contribution in [-0.2, 0) is 0 Å². The number of benzene rings is 1. The van der Waals surface area contributed by atoms with Gasteiger partial charge in [-0.3, -0.25) is 4.79 Å². The van der Waals surface area contributed by atoms with Crippen LogP contribution in [-0.4, -0.2) is 28.7 Å². The largest absolute Gasteiger partial charge is 0.395 e. The van der Waals surface area contributed by atoms with Crippen molar-refractivity contribution in [3.63, 3.8) is 0 Å². The molecule has 20 heavy (non-hydrogen) atoms. The molecular weight excluding hydrogens is 259 g/mol. The molecule has 1 aromatic heterocycles. The molecule has 2 N–H and O–H groups in total. The van der Waals surface area contributed by atoms with Crippen LogP contribution in [0.25, 0.3) is 5.69 Å². The van der Waals surface area contributed by atoms with E-state index < -0.39 is 0 Å². The number of aliphatic hydroxyl groups excluding tert-OH is 1. The Hall–Kier alpha value is -2.14. The number of amides is 1. The molecule has 0 radical (unpaired) electrons. The van der Waals surface area contributed by atoms with E-state index in [2.05, 4.69) is 5.32 Å². The van der Waals surface area contributed by atoms with Crippen molar-refractivity contribution in [2.45, 2.75) is 13.8 Å². The van der Waals surface area contributed by atoms with E-state index in [1.807, 2.05) is 18.4 Å². The first-order valence-electron chi connectivity index (χ1n) is 6.38. The van der Waals surface area contributed by atoms with E-state index in [1.165, 1.54) is 12.1 Å². The van der Waals surface area contributed by atoms with Gasteiger partial charge in [-0.1, -0.05) is 0 Å². The van der Waals surface area contributed by atoms with Crippen LogP contribution in [0.15, 0.2) is 30.3 Å². The molecule has 2 rings (SSSR count). The summed E-state index contributed by atoms with van der Waals surface area (Å²) >= 11 is 0. The number of carbonyl (C=O) groups excluding carboxylic acids is 1. The van der Waals surface area contributed by atoms with Crippen LogP contribution in [0.2, 0.25) is 0 Å². The minimum atomic E-state index is -0.294. The summed E-state index contributed by atoms with van der Waals surface area (Å²) in [5, 5.41) is 11.4. The van der Waals surface area contributed by atoms with Crippen molar-refractivity contribution in [2.75, 3.05) is 13.2 Å². The number of hydrogen-bond acceptors (Lipinski definition) is 2. The Bertz CT molecular complexity index is 618. The second-order valence-corrected chi connectivity index (χ2v) is 4.58. The van der Waals surface area contributed by atoms with Crippen molar-refractivity contribution >= 4 is 5.91 Å². The summed E-state index contributed by atoms with van der Waals surface area (Å²) in [5.74, 6) is -0.516. The summed E-state index contributed by atoms with van der Waals surface area (Å²) < 4.78 is 14.9. The third-order valence-corrected chi connectivity index (χ3v) is 3.16. The summed E-state index contributed by atoms with van der Waals surface area (Å²) in [5.41, 5.74) is 3.04. The molecular formula is C15H17FN2O2. The molecule has 0 saturated carbocycles. The van der Waals surface area contributed by atoms with E-state index in [1.54, 1.807) is 18.2 Å². The first-order valence-corrected chi connectivity index (χ1v) is 6.38. The quantitative estimate of drug-likeness (QED) is 0.897. The average Bonchev–Trinajstić information content (AvgIpc) is 2.73. The third kappa shape index (κ3) is 2.72. The van der Waals surface area contributed by atoms with Crippen molar-refractivity contribution in [3.8, 4) is 5.69 Å². The molecule has 0 aliphatic heterocycles. The molecule has 4 nitrogen and oxygen atoms in total. The topological polar surface area (TPSA) is 54.3 Å². The molecule has 0 bridgehead atoms. The molecule has 2 aromatic rings. The van der Waals surface area contributed by atoms with E-state index >= 15 is 0 Å².